The summed E-state index contributed by atoms with van der Waals surface area (Å²) in [7, 11) is 1.88. The first kappa shape index (κ1) is 13.9. The van der Waals surface area contributed by atoms with E-state index < -0.39 is 0 Å². The van der Waals surface area contributed by atoms with E-state index in [1.807, 2.05) is 36.2 Å². The molecule has 19 heavy (non-hydrogen) atoms. The smallest absolute Gasteiger partial charge is 0.226 e. The molecule has 2 rings (SSSR count). The average molecular weight is 260 g/mol. The molecule has 0 saturated heterocycles. The van der Waals surface area contributed by atoms with E-state index in [2.05, 4.69) is 13.8 Å². The van der Waals surface area contributed by atoms with Gasteiger partial charge in [0.15, 0.2) is 0 Å². The van der Waals surface area contributed by atoms with Crippen LogP contribution in [0.5, 0.6) is 0 Å². The SMILES string of the molecule is CN(Cc1ccccc1N)C(=O)C1CCCC1(C)C. The van der Waals surface area contributed by atoms with Crippen LogP contribution in [0.1, 0.15) is 38.7 Å². The van der Waals surface area contributed by atoms with E-state index in [-0.39, 0.29) is 17.2 Å². The second kappa shape index (κ2) is 5.24. The highest BCUT2D eigenvalue weighted by molar-refractivity contribution is 5.79. The third-order valence-electron chi connectivity index (χ3n) is 4.39. The van der Waals surface area contributed by atoms with E-state index >= 15 is 0 Å². The summed E-state index contributed by atoms with van der Waals surface area (Å²) in [6.07, 6.45) is 3.32. The van der Waals surface area contributed by atoms with Crippen molar-refractivity contribution in [2.75, 3.05) is 12.8 Å². The molecule has 1 fully saturated rings. The number of hydrogen-bond acceptors (Lipinski definition) is 2. The molecule has 0 radical (unpaired) electrons. The van der Waals surface area contributed by atoms with Crippen molar-refractivity contribution in [1.82, 2.24) is 4.90 Å². The van der Waals surface area contributed by atoms with Gasteiger partial charge in [0, 0.05) is 25.2 Å². The van der Waals surface area contributed by atoms with Gasteiger partial charge in [-0.25, -0.2) is 0 Å². The molecule has 1 aromatic rings. The minimum absolute atomic E-state index is 0.133. The fourth-order valence-electron chi connectivity index (χ4n) is 3.06. The van der Waals surface area contributed by atoms with Gasteiger partial charge in [0.25, 0.3) is 0 Å². The minimum atomic E-state index is 0.133. The third-order valence-corrected chi connectivity index (χ3v) is 4.39. The van der Waals surface area contributed by atoms with Gasteiger partial charge in [0.05, 0.1) is 0 Å². The number of carbonyl (C=O) groups excluding carboxylic acids is 1. The van der Waals surface area contributed by atoms with Crippen molar-refractivity contribution in [2.45, 2.75) is 39.7 Å². The van der Waals surface area contributed by atoms with Crippen molar-refractivity contribution in [3.63, 3.8) is 0 Å². The third kappa shape index (κ3) is 2.91. The summed E-state index contributed by atoms with van der Waals surface area (Å²) in [6, 6.07) is 7.75. The number of nitrogen functional groups attached to an aromatic ring is 1. The first-order valence-corrected chi connectivity index (χ1v) is 7.00. The van der Waals surface area contributed by atoms with Crippen LogP contribution in [-0.4, -0.2) is 17.9 Å². The van der Waals surface area contributed by atoms with Crippen molar-refractivity contribution in [3.05, 3.63) is 29.8 Å². The van der Waals surface area contributed by atoms with E-state index in [1.165, 1.54) is 0 Å². The average Bonchev–Trinajstić information content (AvgIpc) is 2.71. The fraction of sp³-hybridized carbons (Fsp3) is 0.562. The molecule has 1 amide bonds. The van der Waals surface area contributed by atoms with Crippen LogP contribution in [0.3, 0.4) is 0 Å². The second-order valence-corrected chi connectivity index (χ2v) is 6.33. The zero-order valence-corrected chi connectivity index (χ0v) is 12.1. The van der Waals surface area contributed by atoms with Crippen LogP contribution in [0.4, 0.5) is 5.69 Å². The maximum atomic E-state index is 12.6. The molecule has 0 heterocycles. The lowest BCUT2D eigenvalue weighted by atomic mass is 9.81. The van der Waals surface area contributed by atoms with E-state index in [0.29, 0.717) is 6.54 Å². The van der Waals surface area contributed by atoms with Crippen LogP contribution >= 0.6 is 0 Å². The van der Waals surface area contributed by atoms with Gasteiger partial charge < -0.3 is 10.6 Å². The molecular weight excluding hydrogens is 236 g/mol. The quantitative estimate of drug-likeness (QED) is 0.849. The van der Waals surface area contributed by atoms with Crippen LogP contribution in [0.15, 0.2) is 24.3 Å². The van der Waals surface area contributed by atoms with Crippen LogP contribution in [-0.2, 0) is 11.3 Å². The Bertz CT molecular complexity index is 468. The Morgan fingerprint density at radius 3 is 2.68 bits per heavy atom. The normalized spacial score (nSPS) is 21.3. The summed E-state index contributed by atoms with van der Waals surface area (Å²) in [4.78, 5) is 14.4. The van der Waals surface area contributed by atoms with E-state index in [4.69, 9.17) is 5.73 Å². The predicted molar refractivity (Wildman–Crippen MR) is 78.5 cm³/mol. The number of para-hydroxylation sites is 1. The number of anilines is 1. The monoisotopic (exact) mass is 260 g/mol. The van der Waals surface area contributed by atoms with Gasteiger partial charge in [-0.1, -0.05) is 38.5 Å². The van der Waals surface area contributed by atoms with Crippen LogP contribution in [0.2, 0.25) is 0 Å². The molecule has 1 aliphatic rings. The Morgan fingerprint density at radius 2 is 2.11 bits per heavy atom. The lowest BCUT2D eigenvalue weighted by Crippen LogP contribution is -2.37. The molecule has 104 valence electrons. The largest absolute Gasteiger partial charge is 0.398 e. The first-order chi connectivity index (χ1) is 8.92. The Kier molecular flexibility index (Phi) is 3.83. The molecule has 0 spiro atoms. The van der Waals surface area contributed by atoms with Crippen molar-refractivity contribution in [3.8, 4) is 0 Å². The second-order valence-electron chi connectivity index (χ2n) is 6.33. The van der Waals surface area contributed by atoms with Crippen LogP contribution in [0.25, 0.3) is 0 Å². The number of nitrogens with two attached hydrogens (primary N) is 1. The summed E-state index contributed by atoms with van der Waals surface area (Å²) in [5.74, 6) is 0.410. The molecule has 1 aliphatic carbocycles. The van der Waals surface area contributed by atoms with Gasteiger partial charge in [-0.05, 0) is 29.9 Å². The van der Waals surface area contributed by atoms with E-state index in [9.17, 15) is 4.79 Å². The van der Waals surface area contributed by atoms with Gasteiger partial charge in [0.1, 0.15) is 0 Å². The molecule has 3 nitrogen and oxygen atoms in total. The van der Waals surface area contributed by atoms with Crippen LogP contribution in [0, 0.1) is 11.3 Å². The summed E-state index contributed by atoms with van der Waals surface area (Å²) in [5, 5.41) is 0. The van der Waals surface area contributed by atoms with Gasteiger partial charge in [0.2, 0.25) is 5.91 Å². The number of carbonyl (C=O) groups is 1. The number of rotatable bonds is 3. The summed E-state index contributed by atoms with van der Waals surface area (Å²) >= 11 is 0. The Morgan fingerprint density at radius 1 is 1.42 bits per heavy atom. The predicted octanol–water partition coefficient (Wildman–Crippen LogP) is 3.05. The lowest BCUT2D eigenvalue weighted by molar-refractivity contribution is -0.137. The molecular formula is C16H24N2O. The molecule has 1 atom stereocenters. The Balaban J connectivity index is 2.06. The highest BCUT2D eigenvalue weighted by Crippen LogP contribution is 2.43. The van der Waals surface area contributed by atoms with E-state index in [0.717, 1.165) is 30.5 Å². The van der Waals surface area contributed by atoms with Crippen molar-refractivity contribution < 1.29 is 4.79 Å². The van der Waals surface area contributed by atoms with Crippen LogP contribution < -0.4 is 5.73 Å². The minimum Gasteiger partial charge on any atom is -0.398 e. The summed E-state index contributed by atoms with van der Waals surface area (Å²) in [6.45, 7) is 5.00. The fourth-order valence-corrected chi connectivity index (χ4v) is 3.06. The van der Waals surface area contributed by atoms with Crippen molar-refractivity contribution in [2.24, 2.45) is 11.3 Å². The summed E-state index contributed by atoms with van der Waals surface area (Å²) in [5.41, 5.74) is 7.85. The molecule has 1 unspecified atom stereocenters. The molecule has 3 heteroatoms. The van der Waals surface area contributed by atoms with Gasteiger partial charge in [-0.3, -0.25) is 4.79 Å². The molecule has 0 aliphatic heterocycles. The van der Waals surface area contributed by atoms with Crippen molar-refractivity contribution >= 4 is 11.6 Å². The summed E-state index contributed by atoms with van der Waals surface area (Å²) < 4.78 is 0. The molecule has 1 saturated carbocycles. The maximum absolute atomic E-state index is 12.6. The number of nitrogens with zero attached hydrogens (tertiary/aromatic N) is 1. The first-order valence-electron chi connectivity index (χ1n) is 7.00. The Hall–Kier alpha value is -1.51. The zero-order valence-electron chi connectivity index (χ0n) is 12.1. The lowest BCUT2D eigenvalue weighted by Gasteiger charge is -2.30. The molecule has 2 N–H and O–H groups in total. The molecule has 1 aromatic carbocycles. The topological polar surface area (TPSA) is 46.3 Å². The standard InChI is InChI=1S/C16H24N2O/c1-16(2)10-6-8-13(16)15(19)18(3)11-12-7-4-5-9-14(12)17/h4-5,7,9,13H,6,8,10-11,17H2,1-3H3. The Labute approximate surface area is 115 Å². The maximum Gasteiger partial charge on any atom is 0.226 e. The zero-order chi connectivity index (χ0) is 14.0. The van der Waals surface area contributed by atoms with Gasteiger partial charge in [-0.15, -0.1) is 0 Å². The van der Waals surface area contributed by atoms with Crippen molar-refractivity contribution in [1.29, 1.82) is 0 Å². The van der Waals surface area contributed by atoms with Gasteiger partial charge in [-0.2, -0.15) is 0 Å². The van der Waals surface area contributed by atoms with E-state index in [1.54, 1.807) is 0 Å². The molecule has 0 bridgehead atoms. The highest BCUT2D eigenvalue weighted by atomic mass is 16.2. The molecule has 0 aromatic heterocycles. The number of amides is 1. The highest BCUT2D eigenvalue weighted by Gasteiger charge is 2.40. The number of benzene rings is 1. The van der Waals surface area contributed by atoms with Gasteiger partial charge >= 0.3 is 0 Å². The number of hydrogen-bond donors (Lipinski definition) is 1.